The fraction of sp³-hybridized carbons (Fsp3) is 0.786. The minimum absolute atomic E-state index is 0.0542. The summed E-state index contributed by atoms with van der Waals surface area (Å²) in [5.41, 5.74) is 0. The molecule has 1 rings (SSSR count). The van der Waals surface area contributed by atoms with E-state index in [1.165, 1.54) is 11.8 Å². The highest BCUT2D eigenvalue weighted by Gasteiger charge is 2.42. The van der Waals surface area contributed by atoms with Crippen molar-refractivity contribution in [2.24, 2.45) is 11.8 Å². The van der Waals surface area contributed by atoms with Gasteiger partial charge in [0.05, 0.1) is 5.92 Å². The van der Waals surface area contributed by atoms with Crippen molar-refractivity contribution in [1.82, 2.24) is 10.2 Å². The van der Waals surface area contributed by atoms with Crippen LogP contribution in [0, 0.1) is 11.8 Å². The summed E-state index contributed by atoms with van der Waals surface area (Å²) in [6.07, 6.45) is 3.41. The SMILES string of the molecule is CCCCCC(=O)N1C[C@H]([C@H](C)CNC(C)=O)C1=O. The number of nitrogens with zero attached hydrogens (tertiary/aromatic N) is 1. The molecule has 1 aliphatic rings. The van der Waals surface area contributed by atoms with E-state index in [0.29, 0.717) is 19.5 Å². The molecule has 1 N–H and O–H groups in total. The van der Waals surface area contributed by atoms with Crippen LogP contribution in [0.4, 0.5) is 0 Å². The summed E-state index contributed by atoms with van der Waals surface area (Å²) in [5.74, 6) is -0.273. The molecule has 1 saturated heterocycles. The Kier molecular flexibility index (Phi) is 5.99. The highest BCUT2D eigenvalue weighted by molar-refractivity contribution is 6.01. The zero-order valence-electron chi connectivity index (χ0n) is 12.1. The summed E-state index contributed by atoms with van der Waals surface area (Å²) in [7, 11) is 0. The summed E-state index contributed by atoms with van der Waals surface area (Å²) < 4.78 is 0. The largest absolute Gasteiger partial charge is 0.356 e. The van der Waals surface area contributed by atoms with Gasteiger partial charge < -0.3 is 5.32 Å². The average molecular weight is 268 g/mol. The zero-order chi connectivity index (χ0) is 14.4. The van der Waals surface area contributed by atoms with E-state index < -0.39 is 0 Å². The van der Waals surface area contributed by atoms with Crippen LogP contribution in [0.1, 0.15) is 46.5 Å². The maximum absolute atomic E-state index is 11.9. The molecule has 1 heterocycles. The number of carbonyl (C=O) groups excluding carboxylic acids is 3. The van der Waals surface area contributed by atoms with Gasteiger partial charge in [0.15, 0.2) is 0 Å². The number of nitrogens with one attached hydrogen (secondary N) is 1. The molecule has 0 aromatic carbocycles. The van der Waals surface area contributed by atoms with Crippen LogP contribution in [-0.2, 0) is 14.4 Å². The van der Waals surface area contributed by atoms with Crippen molar-refractivity contribution in [2.45, 2.75) is 46.5 Å². The molecule has 0 aromatic heterocycles. The van der Waals surface area contributed by atoms with E-state index in [4.69, 9.17) is 0 Å². The summed E-state index contributed by atoms with van der Waals surface area (Å²) in [4.78, 5) is 35.9. The number of hydrogen-bond acceptors (Lipinski definition) is 3. The Hall–Kier alpha value is -1.39. The Bertz CT molecular complexity index is 355. The fourth-order valence-electron chi connectivity index (χ4n) is 2.21. The zero-order valence-corrected chi connectivity index (χ0v) is 12.1. The first-order valence-electron chi connectivity index (χ1n) is 7.06. The number of amides is 3. The highest BCUT2D eigenvalue weighted by atomic mass is 16.2. The molecular weight excluding hydrogens is 244 g/mol. The van der Waals surface area contributed by atoms with Crippen molar-refractivity contribution in [2.75, 3.05) is 13.1 Å². The molecule has 0 aliphatic carbocycles. The topological polar surface area (TPSA) is 66.5 Å². The molecule has 0 saturated carbocycles. The van der Waals surface area contributed by atoms with Gasteiger partial charge in [0.2, 0.25) is 17.7 Å². The van der Waals surface area contributed by atoms with Gasteiger partial charge in [-0.2, -0.15) is 0 Å². The van der Waals surface area contributed by atoms with Crippen molar-refractivity contribution in [1.29, 1.82) is 0 Å². The summed E-state index contributed by atoms with van der Waals surface area (Å²) in [6, 6.07) is 0. The number of likely N-dealkylation sites (tertiary alicyclic amines) is 1. The minimum Gasteiger partial charge on any atom is -0.356 e. The van der Waals surface area contributed by atoms with Crippen molar-refractivity contribution < 1.29 is 14.4 Å². The Morgan fingerprint density at radius 3 is 2.63 bits per heavy atom. The quantitative estimate of drug-likeness (QED) is 0.559. The van der Waals surface area contributed by atoms with E-state index in [9.17, 15) is 14.4 Å². The van der Waals surface area contributed by atoms with Crippen molar-refractivity contribution in [3.8, 4) is 0 Å². The van der Waals surface area contributed by atoms with E-state index in [1.807, 2.05) is 6.92 Å². The van der Waals surface area contributed by atoms with Crippen LogP contribution in [0.3, 0.4) is 0 Å². The molecular formula is C14H24N2O3. The van der Waals surface area contributed by atoms with Gasteiger partial charge in [0.25, 0.3) is 0 Å². The number of hydrogen-bond donors (Lipinski definition) is 1. The third kappa shape index (κ3) is 4.33. The molecule has 0 bridgehead atoms. The molecule has 3 amide bonds. The lowest BCUT2D eigenvalue weighted by Gasteiger charge is -2.40. The van der Waals surface area contributed by atoms with E-state index in [0.717, 1.165) is 19.3 Å². The fourth-order valence-corrected chi connectivity index (χ4v) is 2.21. The summed E-state index contributed by atoms with van der Waals surface area (Å²) in [5, 5.41) is 2.71. The number of rotatable bonds is 7. The van der Waals surface area contributed by atoms with Crippen LogP contribution in [0.25, 0.3) is 0 Å². The lowest BCUT2D eigenvalue weighted by Crippen LogP contribution is -2.58. The Morgan fingerprint density at radius 1 is 1.42 bits per heavy atom. The Morgan fingerprint density at radius 2 is 2.11 bits per heavy atom. The highest BCUT2D eigenvalue weighted by Crippen LogP contribution is 2.26. The third-order valence-corrected chi connectivity index (χ3v) is 3.62. The van der Waals surface area contributed by atoms with Crippen LogP contribution < -0.4 is 5.32 Å². The van der Waals surface area contributed by atoms with Gasteiger partial charge in [-0.1, -0.05) is 26.7 Å². The number of carbonyl (C=O) groups is 3. The normalized spacial score (nSPS) is 19.8. The lowest BCUT2D eigenvalue weighted by atomic mass is 9.85. The van der Waals surface area contributed by atoms with Gasteiger partial charge >= 0.3 is 0 Å². The predicted octanol–water partition coefficient (Wildman–Crippen LogP) is 1.32. The van der Waals surface area contributed by atoms with Gasteiger partial charge in [0.1, 0.15) is 0 Å². The first-order valence-corrected chi connectivity index (χ1v) is 7.06. The van der Waals surface area contributed by atoms with Crippen LogP contribution in [0.5, 0.6) is 0 Å². The molecule has 108 valence electrons. The van der Waals surface area contributed by atoms with Crippen LogP contribution in [0.2, 0.25) is 0 Å². The van der Waals surface area contributed by atoms with Crippen LogP contribution in [0.15, 0.2) is 0 Å². The minimum atomic E-state index is -0.123. The van der Waals surface area contributed by atoms with Crippen LogP contribution >= 0.6 is 0 Å². The number of β-lactam (4-membered cyclic amide) rings is 1. The number of unbranched alkanes of at least 4 members (excludes halogenated alkanes) is 2. The standard InChI is InChI=1S/C14H24N2O3/c1-4-5-6-7-13(18)16-9-12(14(16)19)10(2)8-15-11(3)17/h10,12H,4-9H2,1-3H3,(H,15,17)/t10-,12-/m1/s1. The third-order valence-electron chi connectivity index (χ3n) is 3.62. The average Bonchev–Trinajstić information content (AvgIpc) is 2.35. The number of imide groups is 1. The second-order valence-corrected chi connectivity index (χ2v) is 5.32. The Balaban J connectivity index is 2.31. The van der Waals surface area contributed by atoms with Gasteiger partial charge in [-0.05, 0) is 12.3 Å². The van der Waals surface area contributed by atoms with Gasteiger partial charge in [-0.3, -0.25) is 19.3 Å². The van der Waals surface area contributed by atoms with Crippen molar-refractivity contribution in [3.05, 3.63) is 0 Å². The molecule has 0 radical (unpaired) electrons. The second-order valence-electron chi connectivity index (χ2n) is 5.32. The van der Waals surface area contributed by atoms with Crippen LogP contribution in [-0.4, -0.2) is 35.7 Å². The molecule has 19 heavy (non-hydrogen) atoms. The molecule has 0 aromatic rings. The maximum Gasteiger partial charge on any atom is 0.234 e. The first-order chi connectivity index (χ1) is 8.97. The van der Waals surface area contributed by atoms with E-state index >= 15 is 0 Å². The van der Waals surface area contributed by atoms with Gasteiger partial charge in [0, 0.05) is 26.4 Å². The Labute approximate surface area is 114 Å². The predicted molar refractivity (Wildman–Crippen MR) is 72.2 cm³/mol. The molecule has 0 unspecified atom stereocenters. The van der Waals surface area contributed by atoms with Crippen molar-refractivity contribution >= 4 is 17.7 Å². The second kappa shape index (κ2) is 7.26. The molecule has 5 nitrogen and oxygen atoms in total. The molecule has 1 fully saturated rings. The van der Waals surface area contributed by atoms with E-state index in [2.05, 4.69) is 12.2 Å². The molecule has 5 heteroatoms. The van der Waals surface area contributed by atoms with Gasteiger partial charge in [-0.25, -0.2) is 0 Å². The summed E-state index contributed by atoms with van der Waals surface area (Å²) in [6.45, 7) is 6.46. The maximum atomic E-state index is 11.9. The van der Waals surface area contributed by atoms with Gasteiger partial charge in [-0.15, -0.1) is 0 Å². The van der Waals surface area contributed by atoms with E-state index in [-0.39, 0.29) is 29.6 Å². The monoisotopic (exact) mass is 268 g/mol. The molecule has 0 spiro atoms. The summed E-state index contributed by atoms with van der Waals surface area (Å²) >= 11 is 0. The molecule has 2 atom stereocenters. The molecule has 1 aliphatic heterocycles. The van der Waals surface area contributed by atoms with E-state index in [1.54, 1.807) is 0 Å². The lowest BCUT2D eigenvalue weighted by molar-refractivity contribution is -0.161. The smallest absolute Gasteiger partial charge is 0.234 e. The first kappa shape index (κ1) is 15.7. The van der Waals surface area contributed by atoms with Crippen molar-refractivity contribution in [3.63, 3.8) is 0 Å².